The summed E-state index contributed by atoms with van der Waals surface area (Å²) in [5.74, 6) is 0. The second-order valence-electron chi connectivity index (χ2n) is 5.11. The van der Waals surface area contributed by atoms with Crippen molar-refractivity contribution in [2.45, 2.75) is 45.7 Å². The molecule has 3 heteroatoms. The molecule has 0 spiro atoms. The van der Waals surface area contributed by atoms with E-state index < -0.39 is 0 Å². The molecule has 0 radical (unpaired) electrons. The van der Waals surface area contributed by atoms with Gasteiger partial charge in [0.15, 0.2) is 0 Å². The van der Waals surface area contributed by atoms with Crippen LogP contribution in [0, 0.1) is 10.5 Å². The minimum atomic E-state index is 0.629. The summed E-state index contributed by atoms with van der Waals surface area (Å²) in [6.07, 6.45) is 2.41. The van der Waals surface area contributed by atoms with Crippen molar-refractivity contribution in [2.24, 2.45) is 0 Å². The van der Waals surface area contributed by atoms with Crippen LogP contribution in [0.5, 0.6) is 0 Å². The minimum Gasteiger partial charge on any atom is -0.365 e. The first-order valence-electron chi connectivity index (χ1n) is 6.92. The van der Waals surface area contributed by atoms with E-state index >= 15 is 0 Å². The van der Waals surface area contributed by atoms with Crippen LogP contribution in [-0.2, 0) is 0 Å². The molecule has 1 N–H and O–H groups in total. The van der Waals surface area contributed by atoms with Crippen molar-refractivity contribution in [2.75, 3.05) is 18.0 Å². The number of nitrogens with one attached hydrogen (secondary N) is 1. The average molecular weight is 358 g/mol. The highest BCUT2D eigenvalue weighted by Crippen LogP contribution is 2.28. The normalized spacial score (nSPS) is 24.3. The maximum absolute atomic E-state index is 3.66. The Morgan fingerprint density at radius 3 is 2.78 bits per heavy atom. The van der Waals surface area contributed by atoms with E-state index in [-0.39, 0.29) is 0 Å². The molecule has 1 aromatic carbocycles. The number of piperazine rings is 1. The van der Waals surface area contributed by atoms with Gasteiger partial charge in [-0.15, -0.1) is 0 Å². The smallest absolute Gasteiger partial charge is 0.0412 e. The number of nitrogens with zero attached hydrogens (tertiary/aromatic N) is 1. The van der Waals surface area contributed by atoms with E-state index in [2.05, 4.69) is 71.8 Å². The molecule has 0 aliphatic carbocycles. The van der Waals surface area contributed by atoms with E-state index in [1.54, 1.807) is 0 Å². The van der Waals surface area contributed by atoms with Crippen LogP contribution in [0.4, 0.5) is 5.69 Å². The van der Waals surface area contributed by atoms with Gasteiger partial charge < -0.3 is 10.2 Å². The first-order valence-corrected chi connectivity index (χ1v) is 8.00. The van der Waals surface area contributed by atoms with Crippen molar-refractivity contribution in [1.82, 2.24) is 5.32 Å². The van der Waals surface area contributed by atoms with E-state index in [9.17, 15) is 0 Å². The van der Waals surface area contributed by atoms with Crippen LogP contribution in [0.3, 0.4) is 0 Å². The van der Waals surface area contributed by atoms with Crippen molar-refractivity contribution < 1.29 is 0 Å². The first-order chi connectivity index (χ1) is 8.67. The molecule has 0 amide bonds. The molecule has 0 saturated carbocycles. The Bertz CT molecular complexity index is 405. The molecule has 1 saturated heterocycles. The van der Waals surface area contributed by atoms with Crippen LogP contribution >= 0.6 is 22.6 Å². The number of halogens is 1. The summed E-state index contributed by atoms with van der Waals surface area (Å²) in [5, 5.41) is 3.66. The third-order valence-electron chi connectivity index (χ3n) is 4.01. The highest BCUT2D eigenvalue weighted by molar-refractivity contribution is 14.1. The summed E-state index contributed by atoms with van der Waals surface area (Å²) in [4.78, 5) is 2.61. The largest absolute Gasteiger partial charge is 0.365 e. The SMILES string of the molecule is CCC1CN(c2cccc(I)c2C)C(CC)CN1. The zero-order valence-corrected chi connectivity index (χ0v) is 13.7. The van der Waals surface area contributed by atoms with Crippen LogP contribution in [0.25, 0.3) is 0 Å². The maximum Gasteiger partial charge on any atom is 0.0412 e. The predicted molar refractivity (Wildman–Crippen MR) is 87.4 cm³/mol. The molecule has 2 nitrogen and oxygen atoms in total. The summed E-state index contributed by atoms with van der Waals surface area (Å²) in [6.45, 7) is 9.04. The summed E-state index contributed by atoms with van der Waals surface area (Å²) in [7, 11) is 0. The average Bonchev–Trinajstić information content (AvgIpc) is 2.41. The van der Waals surface area contributed by atoms with Gasteiger partial charge in [-0.25, -0.2) is 0 Å². The molecule has 1 heterocycles. The van der Waals surface area contributed by atoms with Crippen molar-refractivity contribution in [3.8, 4) is 0 Å². The fraction of sp³-hybridized carbons (Fsp3) is 0.600. The maximum atomic E-state index is 3.66. The molecule has 1 aliphatic heterocycles. The monoisotopic (exact) mass is 358 g/mol. The number of benzene rings is 1. The summed E-state index contributed by atoms with van der Waals surface area (Å²) < 4.78 is 1.37. The van der Waals surface area contributed by atoms with Crippen molar-refractivity contribution in [1.29, 1.82) is 0 Å². The topological polar surface area (TPSA) is 15.3 Å². The minimum absolute atomic E-state index is 0.629. The lowest BCUT2D eigenvalue weighted by Gasteiger charge is -2.42. The Balaban J connectivity index is 2.29. The first kappa shape index (κ1) is 14.1. The molecule has 18 heavy (non-hydrogen) atoms. The molecule has 1 fully saturated rings. The summed E-state index contributed by atoms with van der Waals surface area (Å²) in [5.41, 5.74) is 2.85. The molecular formula is C15H23IN2. The van der Waals surface area contributed by atoms with Crippen LogP contribution < -0.4 is 10.2 Å². The van der Waals surface area contributed by atoms with Gasteiger partial charge in [0.1, 0.15) is 0 Å². The van der Waals surface area contributed by atoms with Gasteiger partial charge in [0, 0.05) is 34.4 Å². The van der Waals surface area contributed by atoms with E-state index in [1.807, 2.05) is 0 Å². The van der Waals surface area contributed by atoms with Gasteiger partial charge in [-0.3, -0.25) is 0 Å². The van der Waals surface area contributed by atoms with E-state index in [4.69, 9.17) is 0 Å². The van der Waals surface area contributed by atoms with Gasteiger partial charge >= 0.3 is 0 Å². The van der Waals surface area contributed by atoms with Gasteiger partial charge in [-0.05, 0) is 60.1 Å². The van der Waals surface area contributed by atoms with Crippen LogP contribution in [0.2, 0.25) is 0 Å². The van der Waals surface area contributed by atoms with Gasteiger partial charge in [0.2, 0.25) is 0 Å². The lowest BCUT2D eigenvalue weighted by Crippen LogP contribution is -2.56. The summed E-state index contributed by atoms with van der Waals surface area (Å²) >= 11 is 2.44. The Labute approximate surface area is 124 Å². The van der Waals surface area contributed by atoms with Gasteiger partial charge in [-0.1, -0.05) is 19.9 Å². The number of rotatable bonds is 3. The van der Waals surface area contributed by atoms with Crippen molar-refractivity contribution in [3.63, 3.8) is 0 Å². The zero-order chi connectivity index (χ0) is 13.1. The molecule has 1 aromatic rings. The summed E-state index contributed by atoms with van der Waals surface area (Å²) in [6, 6.07) is 7.91. The quantitative estimate of drug-likeness (QED) is 0.832. The second kappa shape index (κ2) is 6.24. The lowest BCUT2D eigenvalue weighted by atomic mass is 10.0. The zero-order valence-electron chi connectivity index (χ0n) is 11.5. The Hall–Kier alpha value is -0.290. The Morgan fingerprint density at radius 2 is 2.11 bits per heavy atom. The predicted octanol–water partition coefficient (Wildman–Crippen LogP) is 3.57. The standard InChI is InChI=1S/C15H23IN2/c1-4-12-10-18(13(5-2)9-17-12)15-8-6-7-14(16)11(15)3/h6-8,12-13,17H,4-5,9-10H2,1-3H3. The highest BCUT2D eigenvalue weighted by atomic mass is 127. The molecular weight excluding hydrogens is 335 g/mol. The number of anilines is 1. The van der Waals surface area contributed by atoms with Crippen LogP contribution in [0.1, 0.15) is 32.3 Å². The molecule has 2 rings (SSSR count). The van der Waals surface area contributed by atoms with E-state index in [0.717, 1.165) is 13.1 Å². The number of hydrogen-bond donors (Lipinski definition) is 1. The van der Waals surface area contributed by atoms with Crippen molar-refractivity contribution >= 4 is 28.3 Å². The molecule has 100 valence electrons. The van der Waals surface area contributed by atoms with Crippen molar-refractivity contribution in [3.05, 3.63) is 27.3 Å². The van der Waals surface area contributed by atoms with E-state index in [1.165, 1.54) is 27.7 Å². The van der Waals surface area contributed by atoms with Gasteiger partial charge in [0.05, 0.1) is 0 Å². The van der Waals surface area contributed by atoms with Crippen LogP contribution in [0.15, 0.2) is 18.2 Å². The Kier molecular flexibility index (Phi) is 4.90. The number of hydrogen-bond acceptors (Lipinski definition) is 2. The highest BCUT2D eigenvalue weighted by Gasteiger charge is 2.26. The molecule has 2 atom stereocenters. The Morgan fingerprint density at radius 1 is 1.33 bits per heavy atom. The molecule has 1 aliphatic rings. The third kappa shape index (κ3) is 2.82. The fourth-order valence-electron chi connectivity index (χ4n) is 2.70. The lowest BCUT2D eigenvalue weighted by molar-refractivity contribution is 0.378. The van der Waals surface area contributed by atoms with E-state index in [0.29, 0.717) is 12.1 Å². The second-order valence-corrected chi connectivity index (χ2v) is 6.27. The molecule has 0 bridgehead atoms. The van der Waals surface area contributed by atoms with Gasteiger partial charge in [-0.2, -0.15) is 0 Å². The molecule has 2 unspecified atom stereocenters. The van der Waals surface area contributed by atoms with Crippen LogP contribution in [-0.4, -0.2) is 25.2 Å². The molecule has 0 aromatic heterocycles. The fourth-order valence-corrected chi connectivity index (χ4v) is 3.19. The van der Waals surface area contributed by atoms with Gasteiger partial charge in [0.25, 0.3) is 0 Å². The third-order valence-corrected chi connectivity index (χ3v) is 5.18.